The van der Waals surface area contributed by atoms with Gasteiger partial charge in [-0.05, 0) is 39.0 Å². The fourth-order valence-corrected chi connectivity index (χ4v) is 3.16. The molecule has 0 aliphatic carbocycles. The van der Waals surface area contributed by atoms with E-state index >= 15 is 0 Å². The molecule has 0 fully saturated rings. The van der Waals surface area contributed by atoms with E-state index in [1.807, 2.05) is 26.0 Å². The molecule has 3 aromatic rings. The molecular weight excluding hydrogens is 332 g/mol. The number of carboxylic acids is 1. The van der Waals surface area contributed by atoms with Crippen LogP contribution in [0.5, 0.6) is 0 Å². The average molecular weight is 352 g/mol. The molecule has 1 amide bonds. The van der Waals surface area contributed by atoms with Gasteiger partial charge in [-0.1, -0.05) is 12.1 Å². The molecule has 2 N–H and O–H groups in total. The van der Waals surface area contributed by atoms with Crippen molar-refractivity contribution >= 4 is 17.7 Å². The van der Waals surface area contributed by atoms with Crippen LogP contribution in [0.2, 0.25) is 0 Å². The summed E-state index contributed by atoms with van der Waals surface area (Å²) in [4.78, 5) is 33.2. The Balaban J connectivity index is 2.13. The van der Waals surface area contributed by atoms with E-state index in [0.717, 1.165) is 5.69 Å². The average Bonchev–Trinajstić information content (AvgIpc) is 3.24. The van der Waals surface area contributed by atoms with Gasteiger partial charge in [0.25, 0.3) is 5.91 Å². The fraction of sp³-hybridized carbons (Fsp3) is 0.211. The first-order chi connectivity index (χ1) is 12.5. The second kappa shape index (κ2) is 6.87. The molecule has 0 aliphatic heterocycles. The molecule has 7 heteroatoms. The van der Waals surface area contributed by atoms with E-state index in [1.165, 1.54) is 6.33 Å². The monoisotopic (exact) mass is 352 g/mol. The van der Waals surface area contributed by atoms with Crippen LogP contribution in [0.15, 0.2) is 42.9 Å². The zero-order valence-corrected chi connectivity index (χ0v) is 14.9. The largest absolute Gasteiger partial charge is 0.478 e. The predicted octanol–water partition coefficient (Wildman–Crippen LogP) is 3.18. The molecule has 0 unspecified atom stereocenters. The van der Waals surface area contributed by atoms with Crippen LogP contribution < -0.4 is 4.90 Å². The van der Waals surface area contributed by atoms with Gasteiger partial charge >= 0.3 is 5.97 Å². The van der Waals surface area contributed by atoms with E-state index in [-0.39, 0.29) is 11.5 Å². The number of carbonyl (C=O) groups excluding carboxylic acids is 1. The van der Waals surface area contributed by atoms with E-state index in [2.05, 4.69) is 9.97 Å². The van der Waals surface area contributed by atoms with Gasteiger partial charge in [-0.3, -0.25) is 9.69 Å². The van der Waals surface area contributed by atoms with Gasteiger partial charge in [-0.15, -0.1) is 0 Å². The normalized spacial score (nSPS) is 10.7. The number of carboxylic acid groups (broad SMARTS) is 1. The zero-order chi connectivity index (χ0) is 18.8. The van der Waals surface area contributed by atoms with Gasteiger partial charge in [-0.25, -0.2) is 9.78 Å². The van der Waals surface area contributed by atoms with Crippen molar-refractivity contribution < 1.29 is 14.7 Å². The summed E-state index contributed by atoms with van der Waals surface area (Å²) >= 11 is 0. The molecule has 7 nitrogen and oxygen atoms in total. The third kappa shape index (κ3) is 2.88. The number of nitrogens with one attached hydrogen (secondary N) is 1. The Morgan fingerprint density at radius 2 is 1.96 bits per heavy atom. The van der Waals surface area contributed by atoms with Crippen molar-refractivity contribution in [3.63, 3.8) is 0 Å². The summed E-state index contributed by atoms with van der Waals surface area (Å²) in [7, 11) is 0. The topological polar surface area (TPSA) is 91.2 Å². The summed E-state index contributed by atoms with van der Waals surface area (Å²) in [6.07, 6.45) is 3.12. The molecule has 3 rings (SSSR count). The number of amides is 1. The summed E-state index contributed by atoms with van der Waals surface area (Å²) < 4.78 is 1.80. The highest BCUT2D eigenvalue weighted by atomic mass is 16.4. The van der Waals surface area contributed by atoms with Crippen LogP contribution in [0.3, 0.4) is 0 Å². The summed E-state index contributed by atoms with van der Waals surface area (Å²) in [6, 6.07) is 8.81. The lowest BCUT2D eigenvalue weighted by molar-refractivity contribution is 0.0696. The Kier molecular flexibility index (Phi) is 4.62. The van der Waals surface area contributed by atoms with Crippen LogP contribution in [0, 0.1) is 13.8 Å². The number of imidazole rings is 1. The minimum atomic E-state index is -0.985. The second-order valence-electron chi connectivity index (χ2n) is 5.93. The molecule has 0 saturated heterocycles. The standard InChI is InChI=1S/C19H20N4O3/c1-4-22(17-10-20-11-21-17)18(24)14-7-5-6-8-16(14)23-12(2)9-15(13(23)3)19(25)26/h5-11H,4H2,1-3H3,(H,20,21)(H,25,26). The summed E-state index contributed by atoms with van der Waals surface area (Å²) in [5.41, 5.74) is 2.70. The van der Waals surface area contributed by atoms with Crippen LogP contribution in [0.1, 0.15) is 39.0 Å². The number of anilines is 1. The molecule has 0 bridgehead atoms. The molecule has 1 aromatic carbocycles. The Labute approximate surface area is 150 Å². The Bertz CT molecular complexity index is 957. The van der Waals surface area contributed by atoms with Crippen molar-refractivity contribution in [2.24, 2.45) is 0 Å². The molecular formula is C19H20N4O3. The third-order valence-electron chi connectivity index (χ3n) is 4.37. The van der Waals surface area contributed by atoms with Crippen LogP contribution in [0.25, 0.3) is 5.69 Å². The van der Waals surface area contributed by atoms with Gasteiger partial charge < -0.3 is 14.7 Å². The smallest absolute Gasteiger partial charge is 0.337 e. The first-order valence-corrected chi connectivity index (χ1v) is 8.27. The number of carbonyl (C=O) groups is 2. The van der Waals surface area contributed by atoms with Gasteiger partial charge in [0.15, 0.2) is 0 Å². The van der Waals surface area contributed by atoms with Gasteiger partial charge in [0.2, 0.25) is 0 Å². The number of aromatic nitrogens is 3. The number of aromatic amines is 1. The molecule has 2 aromatic heterocycles. The van der Waals surface area contributed by atoms with Gasteiger partial charge in [0.05, 0.1) is 29.3 Å². The number of H-pyrrole nitrogens is 1. The minimum Gasteiger partial charge on any atom is -0.478 e. The Hall–Kier alpha value is -3.35. The van der Waals surface area contributed by atoms with E-state index in [0.29, 0.717) is 29.3 Å². The number of nitrogens with zero attached hydrogens (tertiary/aromatic N) is 3. The van der Waals surface area contributed by atoms with Gasteiger partial charge in [0, 0.05) is 17.9 Å². The lowest BCUT2D eigenvalue weighted by atomic mass is 10.1. The molecule has 26 heavy (non-hydrogen) atoms. The van der Waals surface area contributed by atoms with E-state index in [9.17, 15) is 14.7 Å². The lowest BCUT2D eigenvalue weighted by Crippen LogP contribution is -2.31. The molecule has 134 valence electrons. The van der Waals surface area contributed by atoms with E-state index < -0.39 is 5.97 Å². The first-order valence-electron chi connectivity index (χ1n) is 8.27. The van der Waals surface area contributed by atoms with Gasteiger partial charge in [-0.2, -0.15) is 0 Å². The number of aryl methyl sites for hydroxylation is 1. The number of aromatic carboxylic acids is 1. The van der Waals surface area contributed by atoms with Crippen LogP contribution >= 0.6 is 0 Å². The second-order valence-corrected chi connectivity index (χ2v) is 5.93. The van der Waals surface area contributed by atoms with Crippen LogP contribution in [-0.4, -0.2) is 38.1 Å². The van der Waals surface area contributed by atoms with Crippen LogP contribution in [-0.2, 0) is 0 Å². The Morgan fingerprint density at radius 1 is 1.23 bits per heavy atom. The molecule has 0 saturated carbocycles. The van der Waals surface area contributed by atoms with Gasteiger partial charge in [0.1, 0.15) is 5.82 Å². The molecule has 0 aliphatic rings. The minimum absolute atomic E-state index is 0.184. The molecule has 0 atom stereocenters. The highest BCUT2D eigenvalue weighted by molar-refractivity contribution is 6.08. The maximum absolute atomic E-state index is 13.2. The highest BCUT2D eigenvalue weighted by Crippen LogP contribution is 2.25. The van der Waals surface area contributed by atoms with Crippen molar-refractivity contribution in [1.29, 1.82) is 0 Å². The number of hydrogen-bond donors (Lipinski definition) is 2. The van der Waals surface area contributed by atoms with Crippen LogP contribution in [0.4, 0.5) is 5.82 Å². The summed E-state index contributed by atoms with van der Waals surface area (Å²) in [5.74, 6) is -0.558. The SMILES string of the molecule is CCN(C(=O)c1ccccc1-n1c(C)cc(C(=O)O)c1C)c1cnc[nH]1. The summed E-state index contributed by atoms with van der Waals surface area (Å²) in [6.45, 7) is 5.92. The predicted molar refractivity (Wildman–Crippen MR) is 98.1 cm³/mol. The number of rotatable bonds is 5. The lowest BCUT2D eigenvalue weighted by Gasteiger charge is -2.21. The third-order valence-corrected chi connectivity index (χ3v) is 4.37. The van der Waals surface area contributed by atoms with Crippen molar-refractivity contribution in [3.8, 4) is 5.69 Å². The Morgan fingerprint density at radius 3 is 2.54 bits per heavy atom. The van der Waals surface area contributed by atoms with E-state index in [1.54, 1.807) is 40.8 Å². The summed E-state index contributed by atoms with van der Waals surface area (Å²) in [5, 5.41) is 9.38. The number of para-hydroxylation sites is 1. The van der Waals surface area contributed by atoms with Crippen molar-refractivity contribution in [1.82, 2.24) is 14.5 Å². The number of benzene rings is 1. The van der Waals surface area contributed by atoms with Crippen molar-refractivity contribution in [2.45, 2.75) is 20.8 Å². The molecule has 0 radical (unpaired) electrons. The fourth-order valence-electron chi connectivity index (χ4n) is 3.16. The maximum atomic E-state index is 13.2. The highest BCUT2D eigenvalue weighted by Gasteiger charge is 2.23. The van der Waals surface area contributed by atoms with Crippen molar-refractivity contribution in [3.05, 3.63) is 65.4 Å². The maximum Gasteiger partial charge on any atom is 0.337 e. The molecule has 2 heterocycles. The zero-order valence-electron chi connectivity index (χ0n) is 14.9. The first kappa shape index (κ1) is 17.5. The quantitative estimate of drug-likeness (QED) is 0.738. The van der Waals surface area contributed by atoms with Crippen molar-refractivity contribution in [2.75, 3.05) is 11.4 Å². The van der Waals surface area contributed by atoms with E-state index in [4.69, 9.17) is 0 Å². The number of hydrogen-bond acceptors (Lipinski definition) is 3. The molecule has 0 spiro atoms.